The smallest absolute Gasteiger partial charge is 0.0882 e. The molecule has 0 fully saturated rings. The topological polar surface area (TPSA) is 47.7 Å². The normalized spacial score (nSPS) is 15.3. The third kappa shape index (κ3) is 2.53. The van der Waals surface area contributed by atoms with Crippen LogP contribution in [-0.4, -0.2) is 11.4 Å². The van der Waals surface area contributed by atoms with Crippen molar-refractivity contribution in [3.8, 4) is 0 Å². The molecule has 0 atom stereocenters. The van der Waals surface area contributed by atoms with Crippen molar-refractivity contribution in [1.29, 1.82) is 10.8 Å². The van der Waals surface area contributed by atoms with Crippen LogP contribution in [0.4, 0.5) is 0 Å². The van der Waals surface area contributed by atoms with E-state index in [9.17, 15) is 0 Å². The van der Waals surface area contributed by atoms with E-state index in [1.807, 2.05) is 36.4 Å². The van der Waals surface area contributed by atoms with Gasteiger partial charge < -0.3 is 0 Å². The van der Waals surface area contributed by atoms with E-state index in [-0.39, 0.29) is 11.4 Å². The zero-order chi connectivity index (χ0) is 14.3. The highest BCUT2D eigenvalue weighted by molar-refractivity contribution is 9.11. The maximum Gasteiger partial charge on any atom is 0.0882 e. The van der Waals surface area contributed by atoms with E-state index in [0.29, 0.717) is 0 Å². The number of nitrogens with one attached hydrogen (secondary N) is 2. The SMILES string of the molecule is N=C1C(=N)C(c2ccc(Br)s2)=CC=C1c1ccc(Br)s1. The Labute approximate surface area is 141 Å². The Balaban J connectivity index is 2.04. The summed E-state index contributed by atoms with van der Waals surface area (Å²) >= 11 is 10.0. The Kier molecular flexibility index (Phi) is 3.90. The van der Waals surface area contributed by atoms with Gasteiger partial charge in [-0.25, -0.2) is 0 Å². The molecular formula is C14H8Br2N2S2. The quantitative estimate of drug-likeness (QED) is 0.564. The monoisotopic (exact) mass is 426 g/mol. The first kappa shape index (κ1) is 14.1. The number of hydrogen-bond acceptors (Lipinski definition) is 4. The van der Waals surface area contributed by atoms with Crippen molar-refractivity contribution in [2.75, 3.05) is 0 Å². The molecule has 3 rings (SSSR count). The van der Waals surface area contributed by atoms with E-state index >= 15 is 0 Å². The van der Waals surface area contributed by atoms with E-state index in [1.54, 1.807) is 22.7 Å². The van der Waals surface area contributed by atoms with Gasteiger partial charge in [-0.1, -0.05) is 12.2 Å². The van der Waals surface area contributed by atoms with Crippen molar-refractivity contribution in [3.05, 3.63) is 53.7 Å². The van der Waals surface area contributed by atoms with Crippen LogP contribution in [0.15, 0.2) is 44.0 Å². The lowest BCUT2D eigenvalue weighted by Crippen LogP contribution is -2.17. The van der Waals surface area contributed by atoms with Gasteiger partial charge in [0.05, 0.1) is 19.0 Å². The lowest BCUT2D eigenvalue weighted by molar-refractivity contribution is 1.49. The van der Waals surface area contributed by atoms with E-state index < -0.39 is 0 Å². The van der Waals surface area contributed by atoms with Crippen molar-refractivity contribution in [3.63, 3.8) is 0 Å². The van der Waals surface area contributed by atoms with Crippen LogP contribution in [0.1, 0.15) is 9.75 Å². The van der Waals surface area contributed by atoms with Gasteiger partial charge in [-0.15, -0.1) is 22.7 Å². The highest BCUT2D eigenvalue weighted by atomic mass is 79.9. The zero-order valence-corrected chi connectivity index (χ0v) is 14.8. The molecule has 100 valence electrons. The van der Waals surface area contributed by atoms with Crippen molar-refractivity contribution in [2.45, 2.75) is 0 Å². The Bertz CT molecular complexity index is 714. The van der Waals surface area contributed by atoms with E-state index in [4.69, 9.17) is 10.8 Å². The Morgan fingerprint density at radius 2 is 1.10 bits per heavy atom. The second-order valence-corrected chi connectivity index (χ2v) is 9.04. The summed E-state index contributed by atoms with van der Waals surface area (Å²) in [5.74, 6) is 0. The first-order valence-corrected chi connectivity index (χ1v) is 8.90. The fourth-order valence-electron chi connectivity index (χ4n) is 1.93. The molecule has 2 N–H and O–H groups in total. The van der Waals surface area contributed by atoms with Gasteiger partial charge >= 0.3 is 0 Å². The van der Waals surface area contributed by atoms with Crippen LogP contribution in [0, 0.1) is 10.8 Å². The summed E-state index contributed by atoms with van der Waals surface area (Å²) in [5, 5.41) is 16.5. The Morgan fingerprint density at radius 3 is 1.40 bits per heavy atom. The minimum absolute atomic E-state index is 0.279. The fourth-order valence-corrected chi connectivity index (χ4v) is 4.77. The van der Waals surface area contributed by atoms with Crippen LogP contribution in [-0.2, 0) is 0 Å². The highest BCUT2D eigenvalue weighted by Gasteiger charge is 2.22. The molecule has 6 heteroatoms. The summed E-state index contributed by atoms with van der Waals surface area (Å²) in [4.78, 5) is 2.02. The molecule has 0 radical (unpaired) electrons. The second-order valence-electron chi connectivity index (χ2n) is 4.12. The van der Waals surface area contributed by atoms with Crippen molar-refractivity contribution < 1.29 is 0 Å². The molecule has 0 aliphatic heterocycles. The average molecular weight is 428 g/mol. The summed E-state index contributed by atoms with van der Waals surface area (Å²) in [5.41, 5.74) is 2.18. The van der Waals surface area contributed by atoms with Gasteiger partial charge in [-0.3, -0.25) is 10.8 Å². The van der Waals surface area contributed by atoms with Gasteiger partial charge in [0, 0.05) is 20.9 Å². The first-order chi connectivity index (χ1) is 9.56. The third-order valence-electron chi connectivity index (χ3n) is 2.88. The van der Waals surface area contributed by atoms with Crippen LogP contribution >= 0.6 is 54.5 Å². The molecule has 0 saturated carbocycles. The van der Waals surface area contributed by atoms with Crippen LogP contribution in [0.5, 0.6) is 0 Å². The Morgan fingerprint density at radius 1 is 0.700 bits per heavy atom. The molecule has 0 spiro atoms. The maximum atomic E-state index is 8.24. The van der Waals surface area contributed by atoms with Crippen LogP contribution in [0.2, 0.25) is 0 Å². The molecule has 0 unspecified atom stereocenters. The third-order valence-corrected chi connectivity index (χ3v) is 6.20. The van der Waals surface area contributed by atoms with Crippen LogP contribution < -0.4 is 0 Å². The summed E-state index contributed by atoms with van der Waals surface area (Å²) in [6, 6.07) is 7.88. The predicted octanol–water partition coefficient (Wildman–Crippen LogP) is 5.85. The minimum atomic E-state index is 0.279. The summed E-state index contributed by atoms with van der Waals surface area (Å²) in [6.07, 6.45) is 3.86. The van der Waals surface area contributed by atoms with E-state index in [1.165, 1.54) is 0 Å². The standard InChI is InChI=1S/C14H8Br2N2S2/c15-11-5-3-9(19-11)7-1-2-8(14(18)13(7)17)10-4-6-12(16)20-10/h1-6,17-18H. The van der Waals surface area contributed by atoms with Crippen molar-refractivity contribution in [2.24, 2.45) is 0 Å². The van der Waals surface area contributed by atoms with Gasteiger partial charge in [0.15, 0.2) is 0 Å². The molecule has 2 nitrogen and oxygen atoms in total. The number of rotatable bonds is 2. The van der Waals surface area contributed by atoms with Crippen molar-refractivity contribution >= 4 is 77.1 Å². The van der Waals surface area contributed by atoms with Gasteiger partial charge in [-0.05, 0) is 56.1 Å². The molecule has 2 aromatic rings. The maximum absolute atomic E-state index is 8.24. The lowest BCUT2D eigenvalue weighted by Gasteiger charge is -2.15. The molecule has 2 aromatic heterocycles. The molecule has 1 aliphatic rings. The molecular weight excluding hydrogens is 420 g/mol. The highest BCUT2D eigenvalue weighted by Crippen LogP contribution is 2.35. The summed E-state index contributed by atoms with van der Waals surface area (Å²) < 4.78 is 2.06. The zero-order valence-electron chi connectivity index (χ0n) is 10.0. The predicted molar refractivity (Wildman–Crippen MR) is 95.4 cm³/mol. The lowest BCUT2D eigenvalue weighted by atomic mass is 9.92. The molecule has 0 saturated heterocycles. The Hall–Kier alpha value is -0.820. The number of allylic oxidation sites excluding steroid dienone is 4. The number of halogens is 2. The van der Waals surface area contributed by atoms with Gasteiger partial charge in [0.2, 0.25) is 0 Å². The molecule has 20 heavy (non-hydrogen) atoms. The van der Waals surface area contributed by atoms with Gasteiger partial charge in [0.1, 0.15) is 0 Å². The van der Waals surface area contributed by atoms with Crippen LogP contribution in [0.25, 0.3) is 11.1 Å². The number of thiophene rings is 2. The van der Waals surface area contributed by atoms with Crippen LogP contribution in [0.3, 0.4) is 0 Å². The molecule has 0 amide bonds. The summed E-state index contributed by atoms with van der Waals surface area (Å²) in [7, 11) is 0. The van der Waals surface area contributed by atoms with Gasteiger partial charge in [0.25, 0.3) is 0 Å². The van der Waals surface area contributed by atoms with Gasteiger partial charge in [-0.2, -0.15) is 0 Å². The fraction of sp³-hybridized carbons (Fsp3) is 0. The van der Waals surface area contributed by atoms with E-state index in [2.05, 4.69) is 31.9 Å². The first-order valence-electron chi connectivity index (χ1n) is 5.68. The molecule has 0 bridgehead atoms. The second kappa shape index (κ2) is 5.52. The minimum Gasteiger partial charge on any atom is -0.298 e. The summed E-state index contributed by atoms with van der Waals surface area (Å²) in [6.45, 7) is 0. The van der Waals surface area contributed by atoms with Crippen molar-refractivity contribution in [1.82, 2.24) is 0 Å². The number of hydrogen-bond donors (Lipinski definition) is 2. The molecule has 1 aliphatic carbocycles. The largest absolute Gasteiger partial charge is 0.298 e. The molecule has 0 aromatic carbocycles. The molecule has 2 heterocycles. The van der Waals surface area contributed by atoms with E-state index in [0.717, 1.165) is 28.5 Å². The average Bonchev–Trinajstić information content (AvgIpc) is 3.02.